The van der Waals surface area contributed by atoms with E-state index in [-0.39, 0.29) is 0 Å². The van der Waals surface area contributed by atoms with Crippen LogP contribution in [0.4, 0.5) is 5.69 Å². The number of anilines is 1. The van der Waals surface area contributed by atoms with E-state index < -0.39 is 0 Å². The van der Waals surface area contributed by atoms with Gasteiger partial charge in [-0.15, -0.1) is 0 Å². The number of rotatable bonds is 3. The molecule has 2 unspecified atom stereocenters. The van der Waals surface area contributed by atoms with E-state index in [2.05, 4.69) is 25.2 Å². The average molecular weight is 284 g/mol. The molecule has 1 nitrogen and oxygen atoms in total. The zero-order valence-corrected chi connectivity index (χ0v) is 12.4. The highest BCUT2D eigenvalue weighted by molar-refractivity contribution is 6.43. The van der Waals surface area contributed by atoms with Gasteiger partial charge in [-0.25, -0.2) is 0 Å². The average Bonchev–Trinajstić information content (AvgIpc) is 2.30. The number of hydrogen-bond acceptors (Lipinski definition) is 1. The Hall–Kier alpha value is -0.660. The van der Waals surface area contributed by atoms with Gasteiger partial charge >= 0.3 is 0 Å². The van der Waals surface area contributed by atoms with Crippen LogP contribution in [-0.4, -0.2) is 6.54 Å². The molecule has 1 N–H and O–H groups in total. The zero-order valence-electron chi connectivity index (χ0n) is 10.8. The van der Waals surface area contributed by atoms with E-state index in [1.807, 2.05) is 18.2 Å². The van der Waals surface area contributed by atoms with Gasteiger partial charge in [0.1, 0.15) is 0 Å². The van der Waals surface area contributed by atoms with Gasteiger partial charge in [-0.2, -0.15) is 0 Å². The van der Waals surface area contributed by atoms with Gasteiger partial charge in [-0.3, -0.25) is 0 Å². The Balaban J connectivity index is 1.96. The second-order valence-electron chi connectivity index (χ2n) is 5.28. The maximum absolute atomic E-state index is 6.16. The molecule has 0 aliphatic heterocycles. The van der Waals surface area contributed by atoms with Crippen LogP contribution in [-0.2, 0) is 0 Å². The van der Waals surface area contributed by atoms with E-state index in [0.717, 1.165) is 12.2 Å². The minimum absolute atomic E-state index is 0.606. The van der Waals surface area contributed by atoms with Gasteiger partial charge < -0.3 is 5.32 Å². The third kappa shape index (κ3) is 3.43. The second-order valence-corrected chi connectivity index (χ2v) is 6.06. The van der Waals surface area contributed by atoms with E-state index in [9.17, 15) is 0 Å². The summed E-state index contributed by atoms with van der Waals surface area (Å²) in [6.07, 6.45) is 4.79. The van der Waals surface area contributed by atoms with E-state index in [0.29, 0.717) is 21.9 Å². The van der Waals surface area contributed by atoms with Gasteiger partial charge in [0.15, 0.2) is 0 Å². The highest BCUT2D eigenvalue weighted by atomic mass is 35.5. The van der Waals surface area contributed by atoms with Crippen LogP contribution < -0.4 is 5.32 Å². The van der Waals surface area contributed by atoms with Gasteiger partial charge in [0, 0.05) is 6.54 Å². The lowest BCUT2D eigenvalue weighted by atomic mass is 9.84. The van der Waals surface area contributed by atoms with Crippen molar-refractivity contribution in [3.8, 4) is 0 Å². The third-order valence-electron chi connectivity index (χ3n) is 3.42. The van der Waals surface area contributed by atoms with Crippen molar-refractivity contribution < 1.29 is 0 Å². The maximum atomic E-state index is 6.16. The Morgan fingerprint density at radius 2 is 2.11 bits per heavy atom. The Morgan fingerprint density at radius 1 is 1.33 bits per heavy atom. The topological polar surface area (TPSA) is 12.0 Å². The number of benzene rings is 1. The molecule has 0 radical (unpaired) electrons. The van der Waals surface area contributed by atoms with Gasteiger partial charge in [0.05, 0.1) is 15.7 Å². The lowest BCUT2D eigenvalue weighted by Gasteiger charge is -2.26. The summed E-state index contributed by atoms with van der Waals surface area (Å²) in [6, 6.07) is 5.71. The van der Waals surface area contributed by atoms with Gasteiger partial charge in [-0.05, 0) is 43.7 Å². The van der Waals surface area contributed by atoms with Crippen molar-refractivity contribution in [3.63, 3.8) is 0 Å². The SMILES string of the molecule is CC1=CC(C)CC(CNc2cccc(Cl)c2Cl)C1. The van der Waals surface area contributed by atoms with Crippen molar-refractivity contribution in [1.29, 1.82) is 0 Å². The minimum Gasteiger partial charge on any atom is -0.384 e. The predicted octanol–water partition coefficient (Wildman–Crippen LogP) is 5.40. The molecule has 0 saturated heterocycles. The van der Waals surface area contributed by atoms with Crippen molar-refractivity contribution in [2.45, 2.75) is 26.7 Å². The molecule has 18 heavy (non-hydrogen) atoms. The number of halogens is 2. The smallest absolute Gasteiger partial charge is 0.0823 e. The standard InChI is InChI=1S/C15H19Cl2N/c1-10-6-11(2)8-12(7-10)9-18-14-5-3-4-13(16)15(14)17/h3-6,10,12,18H,7-9H2,1-2H3. The Kier molecular flexibility index (Phi) is 4.58. The largest absolute Gasteiger partial charge is 0.384 e. The molecule has 1 aromatic rings. The van der Waals surface area contributed by atoms with Gasteiger partial charge in [0.25, 0.3) is 0 Å². The molecule has 1 aliphatic carbocycles. The fourth-order valence-electron chi connectivity index (χ4n) is 2.74. The highest BCUT2D eigenvalue weighted by Crippen LogP contribution is 2.32. The first-order valence-electron chi connectivity index (χ1n) is 6.41. The molecular weight excluding hydrogens is 265 g/mol. The molecule has 0 aromatic heterocycles. The third-order valence-corrected chi connectivity index (χ3v) is 4.24. The molecule has 2 atom stereocenters. The van der Waals surface area contributed by atoms with Crippen molar-refractivity contribution in [3.05, 3.63) is 39.9 Å². The molecule has 0 spiro atoms. The first-order chi connectivity index (χ1) is 8.56. The maximum Gasteiger partial charge on any atom is 0.0823 e. The molecule has 0 amide bonds. The first-order valence-corrected chi connectivity index (χ1v) is 7.17. The molecule has 0 bridgehead atoms. The number of nitrogens with one attached hydrogen (secondary N) is 1. The summed E-state index contributed by atoms with van der Waals surface area (Å²) in [7, 11) is 0. The van der Waals surface area contributed by atoms with E-state index >= 15 is 0 Å². The van der Waals surface area contributed by atoms with Crippen molar-refractivity contribution >= 4 is 28.9 Å². The summed E-state index contributed by atoms with van der Waals surface area (Å²) in [6.45, 7) is 5.45. The van der Waals surface area contributed by atoms with E-state index in [1.165, 1.54) is 18.4 Å². The Bertz CT molecular complexity index is 454. The summed E-state index contributed by atoms with van der Waals surface area (Å²) < 4.78 is 0. The van der Waals surface area contributed by atoms with Crippen LogP contribution in [0.25, 0.3) is 0 Å². The summed E-state index contributed by atoms with van der Waals surface area (Å²) >= 11 is 12.2. The Morgan fingerprint density at radius 3 is 2.83 bits per heavy atom. The lowest BCUT2D eigenvalue weighted by Crippen LogP contribution is -2.20. The fourth-order valence-corrected chi connectivity index (χ4v) is 3.10. The number of allylic oxidation sites excluding steroid dienone is 2. The summed E-state index contributed by atoms with van der Waals surface area (Å²) in [5.74, 6) is 1.36. The predicted molar refractivity (Wildman–Crippen MR) is 80.6 cm³/mol. The summed E-state index contributed by atoms with van der Waals surface area (Å²) in [4.78, 5) is 0. The summed E-state index contributed by atoms with van der Waals surface area (Å²) in [5.41, 5.74) is 2.43. The minimum atomic E-state index is 0.606. The van der Waals surface area contributed by atoms with Gasteiger partial charge in [-0.1, -0.05) is 47.8 Å². The van der Waals surface area contributed by atoms with Crippen LogP contribution >= 0.6 is 23.2 Å². The lowest BCUT2D eigenvalue weighted by molar-refractivity contribution is 0.421. The van der Waals surface area contributed by atoms with Crippen molar-refractivity contribution in [1.82, 2.24) is 0 Å². The van der Waals surface area contributed by atoms with E-state index in [4.69, 9.17) is 23.2 Å². The van der Waals surface area contributed by atoms with Crippen LogP contribution in [0, 0.1) is 11.8 Å². The summed E-state index contributed by atoms with van der Waals surface area (Å²) in [5, 5.41) is 4.65. The molecule has 0 saturated carbocycles. The second kappa shape index (κ2) is 5.99. The van der Waals surface area contributed by atoms with E-state index in [1.54, 1.807) is 0 Å². The van der Waals surface area contributed by atoms with Crippen LogP contribution in [0.2, 0.25) is 10.0 Å². The molecule has 1 aromatic carbocycles. The molecular formula is C15H19Cl2N. The van der Waals surface area contributed by atoms with Crippen LogP contribution in [0.1, 0.15) is 26.7 Å². The highest BCUT2D eigenvalue weighted by Gasteiger charge is 2.18. The monoisotopic (exact) mass is 283 g/mol. The molecule has 0 heterocycles. The number of hydrogen-bond donors (Lipinski definition) is 1. The van der Waals surface area contributed by atoms with Crippen LogP contribution in [0.5, 0.6) is 0 Å². The quantitative estimate of drug-likeness (QED) is 0.733. The zero-order chi connectivity index (χ0) is 13.1. The van der Waals surface area contributed by atoms with Crippen LogP contribution in [0.15, 0.2) is 29.8 Å². The first kappa shape index (κ1) is 13.8. The Labute approximate surface area is 119 Å². The van der Waals surface area contributed by atoms with Crippen molar-refractivity contribution in [2.75, 3.05) is 11.9 Å². The van der Waals surface area contributed by atoms with Crippen LogP contribution in [0.3, 0.4) is 0 Å². The molecule has 0 fully saturated rings. The van der Waals surface area contributed by atoms with Crippen molar-refractivity contribution in [2.24, 2.45) is 11.8 Å². The fraction of sp³-hybridized carbons (Fsp3) is 0.467. The molecule has 1 aliphatic rings. The normalized spacial score (nSPS) is 23.7. The molecule has 3 heteroatoms. The molecule has 98 valence electrons. The molecule has 2 rings (SSSR count). The van der Waals surface area contributed by atoms with Gasteiger partial charge in [0.2, 0.25) is 0 Å².